The van der Waals surface area contributed by atoms with Crippen molar-refractivity contribution in [1.29, 1.82) is 0 Å². The fraction of sp³-hybridized carbons (Fsp3) is 0.400. The third-order valence-corrected chi connectivity index (χ3v) is 4.03. The van der Waals surface area contributed by atoms with Crippen LogP contribution in [0.4, 0.5) is 5.69 Å². The first-order valence-corrected chi connectivity index (χ1v) is 6.95. The molecule has 3 rings (SSSR count). The fourth-order valence-electron chi connectivity index (χ4n) is 3.11. The summed E-state index contributed by atoms with van der Waals surface area (Å²) < 4.78 is 1.67. The van der Waals surface area contributed by atoms with Crippen LogP contribution in [0.2, 0.25) is 0 Å². The van der Waals surface area contributed by atoms with Gasteiger partial charge in [-0.1, -0.05) is 26.0 Å². The van der Waals surface area contributed by atoms with Gasteiger partial charge in [0.15, 0.2) is 0 Å². The van der Waals surface area contributed by atoms with E-state index in [1.807, 2.05) is 0 Å². The molecule has 1 unspecified atom stereocenters. The lowest BCUT2D eigenvalue weighted by atomic mass is 9.74. The Labute approximate surface area is 122 Å². The highest BCUT2D eigenvalue weighted by Gasteiger charge is 2.34. The second kappa shape index (κ2) is 4.66. The summed E-state index contributed by atoms with van der Waals surface area (Å²) in [5.74, 6) is 0. The predicted octanol–water partition coefficient (Wildman–Crippen LogP) is 2.75. The summed E-state index contributed by atoms with van der Waals surface area (Å²) >= 11 is 0. The Morgan fingerprint density at radius 1 is 1.43 bits per heavy atom. The van der Waals surface area contributed by atoms with Gasteiger partial charge >= 0.3 is 0 Å². The molecule has 0 aliphatic heterocycles. The SMILES string of the molecule is CC1(C)Cc2c(cnn2-c2ccccc2[N+](=O)[O-])C(N)C1. The molecule has 0 amide bonds. The van der Waals surface area contributed by atoms with Crippen molar-refractivity contribution in [1.82, 2.24) is 9.78 Å². The molecule has 2 N–H and O–H groups in total. The van der Waals surface area contributed by atoms with Gasteiger partial charge in [-0.05, 0) is 24.3 Å². The zero-order valence-corrected chi connectivity index (χ0v) is 12.1. The first-order valence-electron chi connectivity index (χ1n) is 6.95. The van der Waals surface area contributed by atoms with Crippen LogP contribution in [-0.4, -0.2) is 14.7 Å². The smallest absolute Gasteiger partial charge is 0.294 e. The van der Waals surface area contributed by atoms with Crippen LogP contribution in [0.5, 0.6) is 0 Å². The molecular weight excluding hydrogens is 268 g/mol. The maximum atomic E-state index is 11.2. The minimum absolute atomic E-state index is 0.0559. The highest BCUT2D eigenvalue weighted by atomic mass is 16.6. The Morgan fingerprint density at radius 2 is 2.14 bits per heavy atom. The summed E-state index contributed by atoms with van der Waals surface area (Å²) in [5.41, 5.74) is 8.81. The summed E-state index contributed by atoms with van der Waals surface area (Å²) in [6, 6.07) is 6.59. The van der Waals surface area contributed by atoms with Crippen LogP contribution in [0.15, 0.2) is 30.5 Å². The van der Waals surface area contributed by atoms with Crippen LogP contribution >= 0.6 is 0 Å². The zero-order chi connectivity index (χ0) is 15.2. The lowest BCUT2D eigenvalue weighted by Crippen LogP contribution is -2.30. The van der Waals surface area contributed by atoms with Crippen LogP contribution in [0.3, 0.4) is 0 Å². The first kappa shape index (κ1) is 13.8. The van der Waals surface area contributed by atoms with Crippen molar-refractivity contribution in [2.75, 3.05) is 0 Å². The lowest BCUT2D eigenvalue weighted by molar-refractivity contribution is -0.384. The monoisotopic (exact) mass is 286 g/mol. The van der Waals surface area contributed by atoms with Gasteiger partial charge in [0.1, 0.15) is 5.69 Å². The van der Waals surface area contributed by atoms with Gasteiger partial charge < -0.3 is 5.73 Å². The number of rotatable bonds is 2. The van der Waals surface area contributed by atoms with Crippen LogP contribution in [-0.2, 0) is 6.42 Å². The van der Waals surface area contributed by atoms with E-state index < -0.39 is 0 Å². The Balaban J connectivity index is 2.17. The number of nitrogens with zero attached hydrogens (tertiary/aromatic N) is 3. The molecule has 0 saturated carbocycles. The molecule has 2 aromatic rings. The average molecular weight is 286 g/mol. The molecule has 1 aliphatic rings. The third-order valence-electron chi connectivity index (χ3n) is 4.03. The second-order valence-electron chi connectivity index (χ2n) is 6.36. The molecule has 0 fully saturated rings. The number of benzene rings is 1. The molecular formula is C15H18N4O2. The Hall–Kier alpha value is -2.21. The van der Waals surface area contributed by atoms with Crippen LogP contribution in [0.1, 0.15) is 37.6 Å². The van der Waals surface area contributed by atoms with Crippen molar-refractivity contribution >= 4 is 5.69 Å². The summed E-state index contributed by atoms with van der Waals surface area (Å²) in [6.45, 7) is 4.32. The average Bonchev–Trinajstić information content (AvgIpc) is 2.80. The third kappa shape index (κ3) is 2.31. The molecule has 1 heterocycles. The maximum Gasteiger partial charge on any atom is 0.294 e. The summed E-state index contributed by atoms with van der Waals surface area (Å²) in [6.07, 6.45) is 3.44. The van der Waals surface area contributed by atoms with E-state index in [-0.39, 0.29) is 22.1 Å². The normalized spacial score (nSPS) is 20.0. The Morgan fingerprint density at radius 3 is 2.86 bits per heavy atom. The van der Waals surface area contributed by atoms with Crippen LogP contribution in [0.25, 0.3) is 5.69 Å². The number of hydrogen-bond donors (Lipinski definition) is 1. The number of fused-ring (bicyclic) bond motifs is 1. The minimum atomic E-state index is -0.378. The molecule has 0 radical (unpaired) electrons. The molecule has 0 spiro atoms. The van der Waals surface area contributed by atoms with E-state index in [0.717, 1.165) is 24.1 Å². The van der Waals surface area contributed by atoms with Crippen molar-refractivity contribution in [3.63, 3.8) is 0 Å². The quantitative estimate of drug-likeness (QED) is 0.679. The van der Waals surface area contributed by atoms with Crippen molar-refractivity contribution < 1.29 is 4.92 Å². The van der Waals surface area contributed by atoms with Crippen molar-refractivity contribution in [2.45, 2.75) is 32.7 Å². The molecule has 1 atom stereocenters. The Bertz CT molecular complexity index is 705. The molecule has 6 heteroatoms. The molecule has 1 aromatic carbocycles. The van der Waals surface area contributed by atoms with Gasteiger partial charge in [-0.2, -0.15) is 5.10 Å². The van der Waals surface area contributed by atoms with E-state index in [0.29, 0.717) is 5.69 Å². The van der Waals surface area contributed by atoms with E-state index in [1.165, 1.54) is 6.07 Å². The van der Waals surface area contributed by atoms with E-state index in [9.17, 15) is 10.1 Å². The second-order valence-corrected chi connectivity index (χ2v) is 6.36. The fourth-order valence-corrected chi connectivity index (χ4v) is 3.11. The highest BCUT2D eigenvalue weighted by molar-refractivity contribution is 5.53. The number of nitro benzene ring substituents is 1. The Kier molecular flexibility index (Phi) is 3.06. The number of nitro groups is 1. The van der Waals surface area contributed by atoms with Gasteiger partial charge in [-0.15, -0.1) is 0 Å². The van der Waals surface area contributed by atoms with E-state index >= 15 is 0 Å². The summed E-state index contributed by atoms with van der Waals surface area (Å²) in [4.78, 5) is 10.8. The summed E-state index contributed by atoms with van der Waals surface area (Å²) in [7, 11) is 0. The van der Waals surface area contributed by atoms with Crippen LogP contribution < -0.4 is 5.73 Å². The van der Waals surface area contributed by atoms with Gasteiger partial charge in [0.05, 0.1) is 11.1 Å². The number of aromatic nitrogens is 2. The van der Waals surface area contributed by atoms with Gasteiger partial charge in [-0.25, -0.2) is 4.68 Å². The largest absolute Gasteiger partial charge is 0.324 e. The lowest BCUT2D eigenvalue weighted by Gasteiger charge is -2.33. The van der Waals surface area contributed by atoms with Crippen molar-refractivity contribution in [3.05, 3.63) is 51.8 Å². The van der Waals surface area contributed by atoms with E-state index in [2.05, 4.69) is 18.9 Å². The molecule has 6 nitrogen and oxygen atoms in total. The predicted molar refractivity (Wildman–Crippen MR) is 79.2 cm³/mol. The standard InChI is InChI=1S/C15H18N4O2/c1-15(2)7-11(16)10-9-17-18(14(10)8-15)12-5-3-4-6-13(12)19(20)21/h3-6,9,11H,7-8,16H2,1-2H3. The topological polar surface area (TPSA) is 87.0 Å². The van der Waals surface area contributed by atoms with Gasteiger partial charge in [-0.3, -0.25) is 10.1 Å². The number of nitrogens with two attached hydrogens (primary N) is 1. The zero-order valence-electron chi connectivity index (χ0n) is 12.1. The molecule has 21 heavy (non-hydrogen) atoms. The van der Waals surface area contributed by atoms with Gasteiger partial charge in [0.2, 0.25) is 0 Å². The first-order chi connectivity index (χ1) is 9.89. The molecule has 110 valence electrons. The summed E-state index contributed by atoms with van der Waals surface area (Å²) in [5, 5.41) is 15.6. The van der Waals surface area contributed by atoms with Gasteiger partial charge in [0.25, 0.3) is 5.69 Å². The maximum absolute atomic E-state index is 11.2. The van der Waals surface area contributed by atoms with Gasteiger partial charge in [0, 0.05) is 23.4 Å². The number of para-hydroxylation sites is 2. The van der Waals surface area contributed by atoms with Crippen LogP contribution in [0, 0.1) is 15.5 Å². The van der Waals surface area contributed by atoms with E-state index in [4.69, 9.17) is 5.73 Å². The molecule has 0 saturated heterocycles. The van der Waals surface area contributed by atoms with E-state index in [1.54, 1.807) is 29.1 Å². The molecule has 1 aromatic heterocycles. The highest BCUT2D eigenvalue weighted by Crippen LogP contribution is 2.40. The minimum Gasteiger partial charge on any atom is -0.324 e. The molecule has 1 aliphatic carbocycles. The number of hydrogen-bond acceptors (Lipinski definition) is 4. The van der Waals surface area contributed by atoms with Crippen molar-refractivity contribution in [2.24, 2.45) is 11.1 Å². The molecule has 0 bridgehead atoms. The van der Waals surface area contributed by atoms with Crippen molar-refractivity contribution in [3.8, 4) is 5.69 Å².